The molecule has 0 aliphatic carbocycles. The first-order valence-corrected chi connectivity index (χ1v) is 13.8. The zero-order valence-electron chi connectivity index (χ0n) is 22.7. The summed E-state index contributed by atoms with van der Waals surface area (Å²) in [6.45, 7) is 12.2. The summed E-state index contributed by atoms with van der Waals surface area (Å²) < 4.78 is 15.4. The van der Waals surface area contributed by atoms with Crippen LogP contribution in [0, 0.1) is 12.7 Å². The Bertz CT molecular complexity index is 1280. The van der Waals surface area contributed by atoms with Crippen LogP contribution in [0.15, 0.2) is 54.6 Å². The quantitative estimate of drug-likeness (QED) is 0.439. The lowest BCUT2D eigenvalue weighted by Crippen LogP contribution is -2.54. The second kappa shape index (κ2) is 11.0. The minimum absolute atomic E-state index is 0.0512. The van der Waals surface area contributed by atoms with Crippen LogP contribution < -0.4 is 9.80 Å². The van der Waals surface area contributed by atoms with Gasteiger partial charge < -0.3 is 19.3 Å². The van der Waals surface area contributed by atoms with Crippen LogP contribution in [0.3, 0.4) is 0 Å². The van der Waals surface area contributed by atoms with E-state index in [0.717, 1.165) is 67.1 Å². The van der Waals surface area contributed by atoms with E-state index in [4.69, 9.17) is 11.6 Å². The van der Waals surface area contributed by atoms with E-state index < -0.39 is 0 Å². The van der Waals surface area contributed by atoms with Gasteiger partial charge in [-0.2, -0.15) is 0 Å². The lowest BCUT2D eigenvalue weighted by atomic mass is 10.1. The van der Waals surface area contributed by atoms with Crippen LogP contribution in [0.2, 0.25) is 5.02 Å². The van der Waals surface area contributed by atoms with Crippen molar-refractivity contribution in [3.63, 3.8) is 0 Å². The zero-order chi connectivity index (χ0) is 27.0. The van der Waals surface area contributed by atoms with Gasteiger partial charge in [0.05, 0.1) is 10.7 Å². The molecule has 2 atom stereocenters. The third-order valence-corrected chi connectivity index (χ3v) is 8.70. The Hall–Kier alpha value is -3.03. The number of hydrogen-bond acceptors (Lipinski definition) is 4. The molecule has 2 aromatic carbocycles. The van der Waals surface area contributed by atoms with Crippen LogP contribution in [0.25, 0.3) is 0 Å². The van der Waals surface area contributed by atoms with Crippen molar-refractivity contribution in [1.82, 2.24) is 14.4 Å². The van der Waals surface area contributed by atoms with Gasteiger partial charge >= 0.3 is 0 Å². The number of hydrogen-bond donors (Lipinski definition) is 0. The molecule has 2 aliphatic heterocycles. The molecule has 2 saturated heterocycles. The second-order valence-electron chi connectivity index (χ2n) is 10.5. The number of nitrogens with zero attached hydrogens (tertiary/aromatic N) is 5. The maximum atomic E-state index is 13.7. The molecule has 6 nitrogen and oxygen atoms in total. The third-order valence-electron chi connectivity index (χ3n) is 8.38. The van der Waals surface area contributed by atoms with Crippen molar-refractivity contribution < 1.29 is 9.18 Å². The average Bonchev–Trinajstić information content (AvgIpc) is 3.22. The fraction of sp³-hybridized carbons (Fsp3) is 0.433. The lowest BCUT2D eigenvalue weighted by molar-refractivity contribution is 0.0664. The first-order valence-electron chi connectivity index (χ1n) is 13.5. The van der Waals surface area contributed by atoms with Crippen molar-refractivity contribution >= 4 is 28.9 Å². The molecule has 3 heterocycles. The molecule has 38 heavy (non-hydrogen) atoms. The molecule has 0 N–H and O–H groups in total. The number of carbonyl (C=O) groups is 1. The van der Waals surface area contributed by atoms with Gasteiger partial charge in [-0.3, -0.25) is 9.69 Å². The molecule has 8 heteroatoms. The summed E-state index contributed by atoms with van der Waals surface area (Å²) in [6, 6.07) is 17.0. The summed E-state index contributed by atoms with van der Waals surface area (Å²) in [7, 11) is 1.99. The molecule has 0 radical (unpaired) electrons. The highest BCUT2D eigenvalue weighted by molar-refractivity contribution is 6.33. The molecule has 3 aromatic rings. The van der Waals surface area contributed by atoms with Gasteiger partial charge in [0.1, 0.15) is 11.5 Å². The molecule has 5 rings (SSSR count). The van der Waals surface area contributed by atoms with Gasteiger partial charge in [-0.05, 0) is 68.8 Å². The Morgan fingerprint density at radius 3 is 2.29 bits per heavy atom. The van der Waals surface area contributed by atoms with Gasteiger partial charge in [0.15, 0.2) is 0 Å². The highest BCUT2D eigenvalue weighted by Gasteiger charge is 2.32. The fourth-order valence-electron chi connectivity index (χ4n) is 5.90. The molecular weight excluding hydrogens is 501 g/mol. The Kier molecular flexibility index (Phi) is 7.68. The van der Waals surface area contributed by atoms with E-state index >= 15 is 0 Å². The number of rotatable bonds is 5. The van der Waals surface area contributed by atoms with Crippen LogP contribution in [-0.2, 0) is 7.05 Å². The molecular formula is C30H37ClFN5O. The predicted octanol–water partition coefficient (Wildman–Crippen LogP) is 5.36. The van der Waals surface area contributed by atoms with Gasteiger partial charge in [-0.15, -0.1) is 0 Å². The van der Waals surface area contributed by atoms with Crippen molar-refractivity contribution in [3.8, 4) is 0 Å². The second-order valence-corrected chi connectivity index (χ2v) is 11.0. The Morgan fingerprint density at radius 2 is 1.63 bits per heavy atom. The summed E-state index contributed by atoms with van der Waals surface area (Å²) in [5.74, 6) is -0.161. The van der Waals surface area contributed by atoms with Crippen LogP contribution in [-0.4, -0.2) is 72.1 Å². The number of benzene rings is 2. The maximum absolute atomic E-state index is 13.7. The molecule has 1 aromatic heterocycles. The molecule has 202 valence electrons. The molecule has 0 saturated carbocycles. The van der Waals surface area contributed by atoms with E-state index in [0.29, 0.717) is 6.54 Å². The van der Waals surface area contributed by atoms with Crippen molar-refractivity contribution in [2.75, 3.05) is 55.6 Å². The minimum atomic E-state index is -0.234. The van der Waals surface area contributed by atoms with Crippen molar-refractivity contribution in [3.05, 3.63) is 82.4 Å². The van der Waals surface area contributed by atoms with Crippen LogP contribution in [0.4, 0.5) is 15.8 Å². The van der Waals surface area contributed by atoms with E-state index in [2.05, 4.69) is 47.6 Å². The summed E-state index contributed by atoms with van der Waals surface area (Å²) in [4.78, 5) is 22.8. The van der Waals surface area contributed by atoms with E-state index in [1.807, 2.05) is 46.8 Å². The summed E-state index contributed by atoms with van der Waals surface area (Å²) in [5, 5.41) is 0.795. The molecule has 0 bridgehead atoms. The van der Waals surface area contributed by atoms with E-state index in [1.165, 1.54) is 17.7 Å². The van der Waals surface area contributed by atoms with Gasteiger partial charge in [0, 0.05) is 76.3 Å². The van der Waals surface area contributed by atoms with Gasteiger partial charge in [-0.1, -0.05) is 23.7 Å². The van der Waals surface area contributed by atoms with Gasteiger partial charge in [-0.25, -0.2) is 4.39 Å². The molecule has 0 spiro atoms. The monoisotopic (exact) mass is 537 g/mol. The molecule has 1 unspecified atom stereocenters. The van der Waals surface area contributed by atoms with Crippen molar-refractivity contribution in [1.29, 1.82) is 0 Å². The first kappa shape index (κ1) is 26.6. The number of anilines is 2. The summed E-state index contributed by atoms with van der Waals surface area (Å²) in [6.07, 6.45) is 0. The highest BCUT2D eigenvalue weighted by atomic mass is 35.5. The van der Waals surface area contributed by atoms with Gasteiger partial charge in [0.25, 0.3) is 5.91 Å². The highest BCUT2D eigenvalue weighted by Crippen LogP contribution is 2.31. The van der Waals surface area contributed by atoms with E-state index in [1.54, 1.807) is 0 Å². The SMILES string of the molecule is Cc1c(C(C)N2CCN(c3ccccc3Cl)CC2)cc(C(=O)N2CCN(c3ccc(F)cc3)C[C@@H]2C)n1C. The lowest BCUT2D eigenvalue weighted by Gasteiger charge is -2.41. The third kappa shape index (κ3) is 5.14. The number of carbonyl (C=O) groups excluding carboxylic acids is 1. The van der Waals surface area contributed by atoms with Gasteiger partial charge in [0.2, 0.25) is 0 Å². The number of halogens is 2. The summed E-state index contributed by atoms with van der Waals surface area (Å²) in [5.41, 5.74) is 5.16. The Morgan fingerprint density at radius 1 is 0.974 bits per heavy atom. The number of aromatic nitrogens is 1. The van der Waals surface area contributed by atoms with Crippen LogP contribution in [0.1, 0.15) is 41.6 Å². The number of amides is 1. The number of para-hydroxylation sites is 1. The predicted molar refractivity (Wildman–Crippen MR) is 153 cm³/mol. The minimum Gasteiger partial charge on any atom is -0.368 e. The smallest absolute Gasteiger partial charge is 0.270 e. The van der Waals surface area contributed by atoms with Crippen molar-refractivity contribution in [2.45, 2.75) is 32.9 Å². The van der Waals surface area contributed by atoms with Crippen LogP contribution in [0.5, 0.6) is 0 Å². The topological polar surface area (TPSA) is 35.0 Å². The molecule has 1 amide bonds. The summed E-state index contributed by atoms with van der Waals surface area (Å²) >= 11 is 6.43. The first-order chi connectivity index (χ1) is 18.2. The maximum Gasteiger partial charge on any atom is 0.270 e. The molecule has 2 fully saturated rings. The normalized spacial score (nSPS) is 19.6. The largest absolute Gasteiger partial charge is 0.368 e. The standard InChI is InChI=1S/C30H37ClFN5O/c1-21-20-36(25-11-9-24(32)10-12-25)17-18-37(21)30(38)29-19-26(22(2)33(29)4)23(3)34-13-15-35(16-14-34)28-8-6-5-7-27(28)31/h5-12,19,21,23H,13-18,20H2,1-4H3/t21-,23?/m0/s1. The average molecular weight is 538 g/mol. The Labute approximate surface area is 230 Å². The van der Waals surface area contributed by atoms with Crippen LogP contribution >= 0.6 is 11.6 Å². The fourth-order valence-corrected chi connectivity index (χ4v) is 6.15. The Balaban J connectivity index is 1.25. The molecule has 2 aliphatic rings. The number of piperazine rings is 2. The van der Waals surface area contributed by atoms with Crippen molar-refractivity contribution in [2.24, 2.45) is 7.05 Å². The zero-order valence-corrected chi connectivity index (χ0v) is 23.5. The van der Waals surface area contributed by atoms with E-state index in [9.17, 15) is 9.18 Å². The van der Waals surface area contributed by atoms with E-state index in [-0.39, 0.29) is 23.8 Å².